The number of carbonyl (C=O) groups is 1. The van der Waals surface area contributed by atoms with Crippen LogP contribution in [0.5, 0.6) is 0 Å². The van der Waals surface area contributed by atoms with Crippen LogP contribution in [0, 0.1) is 12.8 Å². The molecule has 4 rings (SSSR count). The SMILES string of the molecule is Cc1cc(N2CCC(C(=O)NC(C)C)CC2)n2nc(-c3ccccc3)cc2n1. The normalized spacial score (nSPS) is 15.4. The average molecular weight is 377 g/mol. The highest BCUT2D eigenvalue weighted by atomic mass is 16.1. The van der Waals surface area contributed by atoms with Gasteiger partial charge in [-0.3, -0.25) is 4.79 Å². The summed E-state index contributed by atoms with van der Waals surface area (Å²) in [5.74, 6) is 1.32. The van der Waals surface area contributed by atoms with Crippen LogP contribution in [0.1, 0.15) is 32.4 Å². The van der Waals surface area contributed by atoms with Gasteiger partial charge in [0.25, 0.3) is 0 Å². The van der Waals surface area contributed by atoms with Crippen molar-refractivity contribution in [3.63, 3.8) is 0 Å². The Hall–Kier alpha value is -2.89. The Morgan fingerprint density at radius 3 is 2.54 bits per heavy atom. The van der Waals surface area contributed by atoms with E-state index in [4.69, 9.17) is 5.10 Å². The summed E-state index contributed by atoms with van der Waals surface area (Å²) in [4.78, 5) is 19.3. The van der Waals surface area contributed by atoms with Crippen molar-refractivity contribution in [1.29, 1.82) is 0 Å². The fourth-order valence-electron chi connectivity index (χ4n) is 3.83. The summed E-state index contributed by atoms with van der Waals surface area (Å²) in [5, 5.41) is 7.87. The molecular weight excluding hydrogens is 350 g/mol. The third kappa shape index (κ3) is 3.72. The topological polar surface area (TPSA) is 62.5 Å². The van der Waals surface area contributed by atoms with Crippen LogP contribution in [0.2, 0.25) is 0 Å². The van der Waals surface area contributed by atoms with Gasteiger partial charge in [0, 0.05) is 48.4 Å². The summed E-state index contributed by atoms with van der Waals surface area (Å²) in [6.07, 6.45) is 1.71. The van der Waals surface area contributed by atoms with E-state index >= 15 is 0 Å². The molecule has 1 fully saturated rings. The highest BCUT2D eigenvalue weighted by Crippen LogP contribution is 2.27. The Labute approximate surface area is 165 Å². The molecule has 146 valence electrons. The first kappa shape index (κ1) is 18.5. The minimum atomic E-state index is 0.0922. The lowest BCUT2D eigenvalue weighted by Crippen LogP contribution is -2.43. The molecular formula is C22H27N5O. The van der Waals surface area contributed by atoms with E-state index in [2.05, 4.69) is 33.4 Å². The number of aromatic nitrogens is 3. The maximum Gasteiger partial charge on any atom is 0.223 e. The fraction of sp³-hybridized carbons (Fsp3) is 0.409. The van der Waals surface area contributed by atoms with Gasteiger partial charge < -0.3 is 10.2 Å². The summed E-state index contributed by atoms with van der Waals surface area (Å²) >= 11 is 0. The molecule has 3 heterocycles. The number of amides is 1. The van der Waals surface area contributed by atoms with Gasteiger partial charge in [0.05, 0.1) is 5.69 Å². The quantitative estimate of drug-likeness (QED) is 0.756. The highest BCUT2D eigenvalue weighted by molar-refractivity contribution is 5.79. The van der Waals surface area contributed by atoms with Crippen LogP contribution >= 0.6 is 0 Å². The van der Waals surface area contributed by atoms with E-state index in [-0.39, 0.29) is 17.9 Å². The molecule has 0 bridgehead atoms. The molecule has 1 aliphatic heterocycles. The molecule has 0 saturated carbocycles. The number of hydrogen-bond acceptors (Lipinski definition) is 4. The van der Waals surface area contributed by atoms with Crippen molar-refractivity contribution in [3.8, 4) is 11.3 Å². The zero-order valence-corrected chi connectivity index (χ0v) is 16.7. The monoisotopic (exact) mass is 377 g/mol. The standard InChI is InChI=1S/C22H27N5O/c1-15(2)23-22(28)18-9-11-26(12-10-18)21-13-16(3)24-20-14-19(25-27(20)21)17-7-5-4-6-8-17/h4-8,13-15,18H,9-12H2,1-3H3,(H,23,28). The van der Waals surface area contributed by atoms with Crippen molar-refractivity contribution in [3.05, 3.63) is 48.2 Å². The van der Waals surface area contributed by atoms with E-state index in [1.807, 2.05) is 49.6 Å². The second-order valence-corrected chi connectivity index (χ2v) is 7.85. The molecule has 0 radical (unpaired) electrons. The van der Waals surface area contributed by atoms with Crippen molar-refractivity contribution in [2.75, 3.05) is 18.0 Å². The molecule has 1 saturated heterocycles. The van der Waals surface area contributed by atoms with Crippen LogP contribution in [0.3, 0.4) is 0 Å². The molecule has 0 spiro atoms. The number of fused-ring (bicyclic) bond motifs is 1. The van der Waals surface area contributed by atoms with Crippen molar-refractivity contribution in [2.24, 2.45) is 5.92 Å². The number of hydrogen-bond donors (Lipinski definition) is 1. The number of nitrogens with one attached hydrogen (secondary N) is 1. The molecule has 6 nitrogen and oxygen atoms in total. The van der Waals surface area contributed by atoms with Gasteiger partial charge in [0.2, 0.25) is 5.91 Å². The zero-order chi connectivity index (χ0) is 19.7. The number of anilines is 1. The van der Waals surface area contributed by atoms with Crippen LogP contribution < -0.4 is 10.2 Å². The van der Waals surface area contributed by atoms with Gasteiger partial charge in [0.15, 0.2) is 5.65 Å². The molecule has 1 amide bonds. The number of rotatable bonds is 4. The summed E-state index contributed by atoms with van der Waals surface area (Å²) in [7, 11) is 0. The van der Waals surface area contributed by atoms with Gasteiger partial charge in [-0.2, -0.15) is 9.61 Å². The van der Waals surface area contributed by atoms with Gasteiger partial charge >= 0.3 is 0 Å². The minimum absolute atomic E-state index is 0.0922. The van der Waals surface area contributed by atoms with Crippen molar-refractivity contribution in [2.45, 2.75) is 39.7 Å². The van der Waals surface area contributed by atoms with E-state index in [0.717, 1.165) is 54.3 Å². The van der Waals surface area contributed by atoms with E-state index < -0.39 is 0 Å². The smallest absolute Gasteiger partial charge is 0.223 e. The lowest BCUT2D eigenvalue weighted by atomic mass is 9.95. The third-order valence-electron chi connectivity index (χ3n) is 5.23. The molecule has 1 aromatic carbocycles. The molecule has 3 aromatic rings. The Kier molecular flexibility index (Phi) is 5.03. The molecule has 1 aliphatic rings. The fourth-order valence-corrected chi connectivity index (χ4v) is 3.83. The lowest BCUT2D eigenvalue weighted by molar-refractivity contribution is -0.126. The van der Waals surface area contributed by atoms with Crippen LogP contribution in [-0.4, -0.2) is 39.6 Å². The predicted octanol–water partition coefficient (Wildman–Crippen LogP) is 3.45. The molecule has 0 atom stereocenters. The van der Waals surface area contributed by atoms with Gasteiger partial charge in [-0.1, -0.05) is 30.3 Å². The number of aryl methyl sites for hydroxylation is 1. The summed E-state index contributed by atoms with van der Waals surface area (Å²) in [6.45, 7) is 7.71. The first-order valence-corrected chi connectivity index (χ1v) is 9.99. The Morgan fingerprint density at radius 1 is 1.14 bits per heavy atom. The number of piperidine rings is 1. The summed E-state index contributed by atoms with van der Waals surface area (Å²) in [6, 6.07) is 14.5. The minimum Gasteiger partial charge on any atom is -0.356 e. The largest absolute Gasteiger partial charge is 0.356 e. The predicted molar refractivity (Wildman–Crippen MR) is 111 cm³/mol. The Morgan fingerprint density at radius 2 is 1.86 bits per heavy atom. The molecule has 0 aliphatic carbocycles. The Balaban J connectivity index is 1.59. The van der Waals surface area contributed by atoms with Crippen LogP contribution in [0.4, 0.5) is 5.82 Å². The number of nitrogens with zero attached hydrogens (tertiary/aromatic N) is 4. The first-order valence-electron chi connectivity index (χ1n) is 9.99. The molecule has 2 aromatic heterocycles. The van der Waals surface area contributed by atoms with Gasteiger partial charge in [-0.15, -0.1) is 0 Å². The maximum atomic E-state index is 12.3. The van der Waals surface area contributed by atoms with E-state index in [1.54, 1.807) is 0 Å². The van der Waals surface area contributed by atoms with Crippen molar-refractivity contribution < 1.29 is 4.79 Å². The van der Waals surface area contributed by atoms with Crippen LogP contribution in [0.25, 0.3) is 16.9 Å². The third-order valence-corrected chi connectivity index (χ3v) is 5.23. The summed E-state index contributed by atoms with van der Waals surface area (Å²) in [5.41, 5.74) is 3.84. The Bertz CT molecular complexity index is 971. The van der Waals surface area contributed by atoms with Gasteiger partial charge in [0.1, 0.15) is 5.82 Å². The summed E-state index contributed by atoms with van der Waals surface area (Å²) < 4.78 is 1.93. The average Bonchev–Trinajstić information content (AvgIpc) is 3.11. The van der Waals surface area contributed by atoms with Crippen molar-refractivity contribution >= 4 is 17.4 Å². The molecule has 28 heavy (non-hydrogen) atoms. The lowest BCUT2D eigenvalue weighted by Gasteiger charge is -2.33. The van der Waals surface area contributed by atoms with E-state index in [0.29, 0.717) is 0 Å². The maximum absolute atomic E-state index is 12.3. The van der Waals surface area contributed by atoms with Gasteiger partial charge in [-0.05, 0) is 33.6 Å². The zero-order valence-electron chi connectivity index (χ0n) is 16.7. The highest BCUT2D eigenvalue weighted by Gasteiger charge is 2.27. The van der Waals surface area contributed by atoms with Crippen LogP contribution in [0.15, 0.2) is 42.5 Å². The van der Waals surface area contributed by atoms with Gasteiger partial charge in [-0.25, -0.2) is 4.98 Å². The second kappa shape index (κ2) is 7.62. The first-order chi connectivity index (χ1) is 13.5. The van der Waals surface area contributed by atoms with E-state index in [9.17, 15) is 4.79 Å². The number of benzene rings is 1. The van der Waals surface area contributed by atoms with E-state index in [1.165, 1.54) is 0 Å². The molecule has 0 unspecified atom stereocenters. The molecule has 1 N–H and O–H groups in total. The van der Waals surface area contributed by atoms with Crippen molar-refractivity contribution in [1.82, 2.24) is 19.9 Å². The van der Waals surface area contributed by atoms with Crippen LogP contribution in [-0.2, 0) is 4.79 Å². The number of carbonyl (C=O) groups excluding carboxylic acids is 1. The second-order valence-electron chi connectivity index (χ2n) is 7.85. The molecule has 6 heteroatoms.